The smallest absolute Gasteiger partial charge is 0.338 e. The molecule has 2 aliphatic heterocycles. The van der Waals surface area contributed by atoms with Crippen LogP contribution in [0.2, 0.25) is 0 Å². The van der Waals surface area contributed by atoms with Crippen molar-refractivity contribution in [3.63, 3.8) is 0 Å². The summed E-state index contributed by atoms with van der Waals surface area (Å²) in [5.41, 5.74) is 1.66. The monoisotopic (exact) mass is 647 g/mol. The second-order valence-corrected chi connectivity index (χ2v) is 12.4. The average Bonchev–Trinajstić information content (AvgIpc) is 3.48. The van der Waals surface area contributed by atoms with E-state index in [-0.39, 0.29) is 18.7 Å². The van der Waals surface area contributed by atoms with Gasteiger partial charge in [-0.15, -0.1) is 0 Å². The van der Waals surface area contributed by atoms with Crippen LogP contribution in [0.1, 0.15) is 33.6 Å². The second kappa shape index (κ2) is 12.3. The van der Waals surface area contributed by atoms with E-state index in [1.165, 1.54) is 60.2 Å². The Labute approximate surface area is 264 Å². The molecule has 0 saturated carbocycles. The number of hydrogen-bond donors (Lipinski definition) is 1. The number of nitrogens with one attached hydrogen (secondary N) is 1. The fraction of sp³-hybridized carbons (Fsp3) is 0.219. The number of nitrogens with zero attached hydrogens (tertiary/aromatic N) is 2. The summed E-state index contributed by atoms with van der Waals surface area (Å²) in [7, 11) is 1.54. The number of benzene rings is 3. The minimum Gasteiger partial charge on any atom is -0.497 e. The molecule has 3 atom stereocenters. The van der Waals surface area contributed by atoms with Crippen LogP contribution in [-0.4, -0.2) is 47.2 Å². The molecule has 1 aromatic heterocycles. The van der Waals surface area contributed by atoms with Crippen LogP contribution in [0.15, 0.2) is 82.6 Å². The van der Waals surface area contributed by atoms with Crippen LogP contribution in [0.3, 0.4) is 0 Å². The van der Waals surface area contributed by atoms with Gasteiger partial charge in [0.25, 0.3) is 0 Å². The minimum atomic E-state index is -0.887. The maximum Gasteiger partial charge on any atom is 0.338 e. The number of thioether (sulfide) groups is 1. The van der Waals surface area contributed by atoms with E-state index in [1.807, 2.05) is 0 Å². The number of carbonyl (C=O) groups is 4. The molecule has 0 radical (unpaired) electrons. The molecule has 13 heteroatoms. The fourth-order valence-electron chi connectivity index (χ4n) is 5.52. The van der Waals surface area contributed by atoms with E-state index < -0.39 is 51.5 Å². The summed E-state index contributed by atoms with van der Waals surface area (Å²) in [6.45, 7) is 1.56. The lowest BCUT2D eigenvalue weighted by molar-refractivity contribution is -0.122. The number of fused-ring (bicyclic) bond motifs is 2. The molecule has 10 nitrogen and oxygen atoms in total. The second-order valence-electron chi connectivity index (χ2n) is 10.3. The highest BCUT2D eigenvalue weighted by molar-refractivity contribution is 8.00. The van der Waals surface area contributed by atoms with Crippen molar-refractivity contribution in [3.8, 4) is 5.75 Å². The molecule has 1 N–H and O–H groups in total. The molecule has 3 aromatic carbocycles. The van der Waals surface area contributed by atoms with Crippen molar-refractivity contribution >= 4 is 58.2 Å². The average molecular weight is 648 g/mol. The van der Waals surface area contributed by atoms with Crippen molar-refractivity contribution in [1.82, 2.24) is 4.57 Å². The van der Waals surface area contributed by atoms with Gasteiger partial charge in [-0.3, -0.25) is 23.7 Å². The van der Waals surface area contributed by atoms with Gasteiger partial charge in [-0.2, -0.15) is 0 Å². The van der Waals surface area contributed by atoms with E-state index in [9.17, 15) is 28.4 Å². The predicted octanol–water partition coefficient (Wildman–Crippen LogP) is 4.67. The minimum absolute atomic E-state index is 0.208. The number of methoxy groups -OCH3 is 1. The van der Waals surface area contributed by atoms with Crippen LogP contribution in [0.4, 0.5) is 15.8 Å². The Kier molecular flexibility index (Phi) is 8.30. The van der Waals surface area contributed by atoms with Crippen molar-refractivity contribution in [2.24, 2.45) is 5.92 Å². The number of thiazole rings is 1. The van der Waals surface area contributed by atoms with Crippen molar-refractivity contribution in [2.45, 2.75) is 29.7 Å². The highest BCUT2D eigenvalue weighted by Gasteiger charge is 2.56. The van der Waals surface area contributed by atoms with Crippen LogP contribution >= 0.6 is 23.1 Å². The van der Waals surface area contributed by atoms with E-state index in [0.717, 1.165) is 28.0 Å². The van der Waals surface area contributed by atoms with E-state index in [1.54, 1.807) is 31.2 Å². The first-order valence-corrected chi connectivity index (χ1v) is 15.6. The Hall–Kier alpha value is -4.75. The van der Waals surface area contributed by atoms with Crippen molar-refractivity contribution < 1.29 is 33.0 Å². The molecule has 0 aliphatic carbocycles. The molecule has 0 unspecified atom stereocenters. The van der Waals surface area contributed by atoms with Crippen molar-refractivity contribution in [2.75, 3.05) is 23.9 Å². The lowest BCUT2D eigenvalue weighted by Gasteiger charge is -2.30. The summed E-state index contributed by atoms with van der Waals surface area (Å²) in [4.78, 5) is 67.8. The van der Waals surface area contributed by atoms with Gasteiger partial charge < -0.3 is 14.8 Å². The van der Waals surface area contributed by atoms with E-state index in [4.69, 9.17) is 9.47 Å². The van der Waals surface area contributed by atoms with E-state index >= 15 is 0 Å². The summed E-state index contributed by atoms with van der Waals surface area (Å²) >= 11 is 2.02. The van der Waals surface area contributed by atoms with Gasteiger partial charge in [0.1, 0.15) is 23.4 Å². The summed E-state index contributed by atoms with van der Waals surface area (Å²) in [6.07, 6.45) is 0. The zero-order valence-corrected chi connectivity index (χ0v) is 25.7. The van der Waals surface area contributed by atoms with Gasteiger partial charge in [-0.1, -0.05) is 35.2 Å². The van der Waals surface area contributed by atoms with Crippen molar-refractivity contribution in [3.05, 3.63) is 104 Å². The summed E-state index contributed by atoms with van der Waals surface area (Å²) in [6, 6.07) is 18.4. The first-order chi connectivity index (χ1) is 21.7. The van der Waals surface area contributed by atoms with Crippen LogP contribution in [0.25, 0.3) is 0 Å². The quantitative estimate of drug-likeness (QED) is 0.216. The molecule has 3 amide bonds. The number of halogens is 1. The SMILES string of the molecule is CCOC(=O)c1ccc(N2C(=O)[C@@H]3[C@H](c4ccc(OC)cc4)c4sc(=O)n(CC(=O)Nc5ccc(F)cc5)c4S[C@@H]3C2=O)cc1. The molecule has 0 spiro atoms. The third kappa shape index (κ3) is 5.64. The van der Waals surface area contributed by atoms with Crippen LogP contribution in [0, 0.1) is 11.7 Å². The molecule has 1 saturated heterocycles. The third-order valence-corrected chi connectivity index (χ3v) is 10.2. The molecule has 2 aliphatic rings. The summed E-state index contributed by atoms with van der Waals surface area (Å²) < 4.78 is 25.0. The maximum absolute atomic E-state index is 14.1. The Balaban J connectivity index is 1.37. The zero-order valence-electron chi connectivity index (χ0n) is 24.0. The van der Waals surface area contributed by atoms with E-state index in [2.05, 4.69) is 5.32 Å². The Bertz CT molecular complexity index is 1850. The molecular formula is C32H26FN3O7S2. The topological polar surface area (TPSA) is 124 Å². The number of rotatable bonds is 8. The van der Waals surface area contributed by atoms with Gasteiger partial charge in [0.15, 0.2) is 0 Å². The van der Waals surface area contributed by atoms with Crippen LogP contribution in [-0.2, 0) is 25.7 Å². The zero-order chi connectivity index (χ0) is 31.8. The Morgan fingerprint density at radius 1 is 0.933 bits per heavy atom. The van der Waals surface area contributed by atoms with Gasteiger partial charge in [-0.25, -0.2) is 14.1 Å². The molecule has 6 rings (SSSR count). The molecule has 3 heterocycles. The van der Waals surface area contributed by atoms with E-state index in [0.29, 0.717) is 32.6 Å². The van der Waals surface area contributed by atoms with Crippen molar-refractivity contribution in [1.29, 1.82) is 0 Å². The number of carbonyl (C=O) groups excluding carboxylic acids is 4. The number of ether oxygens (including phenoxy) is 2. The molecule has 1 fully saturated rings. The highest BCUT2D eigenvalue weighted by atomic mass is 32.2. The normalized spacial score (nSPS) is 18.7. The number of imide groups is 1. The van der Waals surface area contributed by atoms with Crippen LogP contribution in [0.5, 0.6) is 5.75 Å². The van der Waals surface area contributed by atoms with Gasteiger partial charge >= 0.3 is 10.8 Å². The number of hydrogen-bond acceptors (Lipinski definition) is 9. The Morgan fingerprint density at radius 3 is 2.27 bits per heavy atom. The number of amides is 3. The summed E-state index contributed by atoms with van der Waals surface area (Å²) in [5.74, 6) is -3.28. The highest BCUT2D eigenvalue weighted by Crippen LogP contribution is 2.54. The van der Waals surface area contributed by atoms with Crippen LogP contribution < -0.4 is 19.8 Å². The lowest BCUT2D eigenvalue weighted by Crippen LogP contribution is -2.33. The predicted molar refractivity (Wildman–Crippen MR) is 166 cm³/mol. The van der Waals surface area contributed by atoms with Gasteiger partial charge in [0.05, 0.1) is 35.9 Å². The lowest BCUT2D eigenvalue weighted by atomic mass is 9.83. The fourth-order valence-corrected chi connectivity index (χ4v) is 8.29. The largest absolute Gasteiger partial charge is 0.497 e. The van der Waals surface area contributed by atoms with Gasteiger partial charge in [0.2, 0.25) is 17.7 Å². The molecule has 230 valence electrons. The molecular weight excluding hydrogens is 621 g/mol. The third-order valence-electron chi connectivity index (χ3n) is 7.59. The molecule has 0 bridgehead atoms. The first-order valence-electron chi connectivity index (χ1n) is 13.9. The number of aromatic nitrogens is 1. The summed E-state index contributed by atoms with van der Waals surface area (Å²) in [5, 5.41) is 2.21. The first kappa shape index (κ1) is 30.3. The standard InChI is InChI=1S/C32H26FN3O7S2/c1-3-43-31(40)18-4-12-21(13-5-18)36-28(38)25-24(17-6-14-22(42-2)15-7-17)27-30(44-26(25)29(36)39)35(32(41)45-27)16-23(37)34-20-10-8-19(33)9-11-20/h4-15,24-26H,3,16H2,1-2H3,(H,34,37)/t24-,25+,26-/m0/s1. The maximum atomic E-state index is 14.1. The number of esters is 1. The molecule has 4 aromatic rings. The number of anilines is 2. The Morgan fingerprint density at radius 2 is 1.62 bits per heavy atom. The van der Waals surface area contributed by atoms with Gasteiger partial charge in [0, 0.05) is 16.5 Å². The van der Waals surface area contributed by atoms with Gasteiger partial charge in [-0.05, 0) is 73.2 Å². The molecule has 45 heavy (non-hydrogen) atoms.